The summed E-state index contributed by atoms with van der Waals surface area (Å²) in [6, 6.07) is 11.3. The van der Waals surface area contributed by atoms with Crippen molar-refractivity contribution in [3.63, 3.8) is 0 Å². The summed E-state index contributed by atoms with van der Waals surface area (Å²) in [5.74, 6) is -0.562. The normalized spacial score (nSPS) is 16.0. The van der Waals surface area contributed by atoms with Crippen LogP contribution in [-0.4, -0.2) is 58.1 Å². The number of halogens is 1. The van der Waals surface area contributed by atoms with Gasteiger partial charge >= 0.3 is 0 Å². The molecule has 0 aliphatic carbocycles. The largest absolute Gasteiger partial charge is 0.282 e. The number of aromatic nitrogens is 3. The molecule has 0 bridgehead atoms. The lowest BCUT2D eigenvalue weighted by atomic mass is 10.1. The molecule has 31 heavy (non-hydrogen) atoms. The number of piperazine rings is 1. The van der Waals surface area contributed by atoms with Gasteiger partial charge in [0.1, 0.15) is 12.1 Å². The second-order valence-corrected chi connectivity index (χ2v) is 10.00. The van der Waals surface area contributed by atoms with E-state index in [1.54, 1.807) is 11.0 Å². The maximum Gasteiger partial charge on any atom is 0.243 e. The molecule has 0 radical (unpaired) electrons. The van der Waals surface area contributed by atoms with Gasteiger partial charge in [-0.05, 0) is 55.9 Å². The van der Waals surface area contributed by atoms with Crippen LogP contribution in [0.25, 0.3) is 5.69 Å². The van der Waals surface area contributed by atoms with Crippen molar-refractivity contribution < 1.29 is 12.8 Å². The summed E-state index contributed by atoms with van der Waals surface area (Å²) >= 11 is 5.62. The first-order chi connectivity index (χ1) is 14.8. The molecule has 0 unspecified atom stereocenters. The number of rotatable bonds is 5. The van der Waals surface area contributed by atoms with Gasteiger partial charge in [0.25, 0.3) is 0 Å². The van der Waals surface area contributed by atoms with Crippen LogP contribution in [0.3, 0.4) is 0 Å². The summed E-state index contributed by atoms with van der Waals surface area (Å²) in [7, 11) is -3.71. The second-order valence-electron chi connectivity index (χ2n) is 7.69. The van der Waals surface area contributed by atoms with Crippen LogP contribution in [0, 0.1) is 24.4 Å². The van der Waals surface area contributed by atoms with E-state index in [0.29, 0.717) is 37.6 Å². The molecule has 2 aromatic carbocycles. The van der Waals surface area contributed by atoms with Gasteiger partial charge in [0.2, 0.25) is 14.8 Å². The first kappa shape index (κ1) is 21.8. The molecule has 0 N–H and O–H groups in total. The van der Waals surface area contributed by atoms with Crippen LogP contribution < -0.4 is 0 Å². The third-order valence-corrected chi connectivity index (χ3v) is 7.75. The van der Waals surface area contributed by atoms with Crippen LogP contribution in [0.2, 0.25) is 0 Å². The summed E-state index contributed by atoms with van der Waals surface area (Å²) in [4.78, 5) is 2.09. The second kappa shape index (κ2) is 8.62. The van der Waals surface area contributed by atoms with E-state index >= 15 is 0 Å². The third kappa shape index (κ3) is 4.47. The van der Waals surface area contributed by atoms with Crippen LogP contribution in [-0.2, 0) is 16.7 Å². The Kier molecular flexibility index (Phi) is 6.07. The predicted molar refractivity (Wildman–Crippen MR) is 119 cm³/mol. The lowest BCUT2D eigenvalue weighted by Crippen LogP contribution is -2.48. The third-order valence-electron chi connectivity index (χ3n) is 5.44. The quantitative estimate of drug-likeness (QED) is 0.547. The van der Waals surface area contributed by atoms with Crippen molar-refractivity contribution in [2.45, 2.75) is 25.4 Å². The van der Waals surface area contributed by atoms with Gasteiger partial charge in [-0.3, -0.25) is 9.47 Å². The minimum atomic E-state index is -3.71. The molecular weight excluding hydrogens is 437 g/mol. The van der Waals surface area contributed by atoms with Crippen LogP contribution in [0.4, 0.5) is 4.39 Å². The molecule has 164 valence electrons. The molecule has 0 atom stereocenters. The van der Waals surface area contributed by atoms with Crippen molar-refractivity contribution in [1.29, 1.82) is 0 Å². The Bertz CT molecular complexity index is 1260. The zero-order valence-electron chi connectivity index (χ0n) is 17.4. The summed E-state index contributed by atoms with van der Waals surface area (Å²) in [6.07, 6.45) is 1.71. The van der Waals surface area contributed by atoms with E-state index in [4.69, 9.17) is 12.2 Å². The molecule has 1 aromatic heterocycles. The molecule has 3 aromatic rings. The molecule has 0 saturated carbocycles. The summed E-state index contributed by atoms with van der Waals surface area (Å²) in [5.41, 5.74) is 3.30. The van der Waals surface area contributed by atoms with Gasteiger partial charge in [0.05, 0.1) is 17.3 Å². The molecular formula is C21H24FN5O2S2. The van der Waals surface area contributed by atoms with E-state index in [2.05, 4.69) is 16.1 Å². The average Bonchev–Trinajstić information content (AvgIpc) is 3.08. The van der Waals surface area contributed by atoms with Gasteiger partial charge in [-0.1, -0.05) is 23.8 Å². The lowest BCUT2D eigenvalue weighted by Gasteiger charge is -2.33. The highest BCUT2D eigenvalue weighted by atomic mass is 32.2. The molecule has 1 fully saturated rings. The van der Waals surface area contributed by atoms with Crippen LogP contribution in [0.5, 0.6) is 0 Å². The summed E-state index contributed by atoms with van der Waals surface area (Å²) < 4.78 is 44.6. The topological polar surface area (TPSA) is 63.4 Å². The van der Waals surface area contributed by atoms with E-state index in [1.807, 2.05) is 30.5 Å². The molecule has 2 heterocycles. The minimum Gasteiger partial charge on any atom is -0.282 e. The van der Waals surface area contributed by atoms with Gasteiger partial charge in [0, 0.05) is 26.2 Å². The van der Waals surface area contributed by atoms with Gasteiger partial charge < -0.3 is 0 Å². The monoisotopic (exact) mass is 461 g/mol. The zero-order chi connectivity index (χ0) is 22.2. The Labute approximate surface area is 186 Å². The first-order valence-corrected chi connectivity index (χ1v) is 11.8. The molecule has 0 amide bonds. The maximum absolute atomic E-state index is 13.5. The lowest BCUT2D eigenvalue weighted by molar-refractivity contribution is 0.144. The number of hydrogen-bond acceptors (Lipinski definition) is 5. The molecule has 1 aliphatic rings. The standard InChI is InChI=1S/C21H24FN5O2S2/c1-16-6-7-20(17(2)12-16)26-14-23-27(21(26)30)15-24-8-10-25(11-9-24)31(28,29)19-5-3-4-18(22)13-19/h3-7,12-14H,8-11,15H2,1-2H3. The van der Waals surface area contributed by atoms with Crippen molar-refractivity contribution in [3.8, 4) is 5.69 Å². The number of sulfonamides is 1. The highest BCUT2D eigenvalue weighted by Gasteiger charge is 2.29. The van der Waals surface area contributed by atoms with E-state index in [1.165, 1.54) is 28.1 Å². The van der Waals surface area contributed by atoms with Crippen molar-refractivity contribution in [3.05, 3.63) is 70.5 Å². The average molecular weight is 462 g/mol. The first-order valence-electron chi connectivity index (χ1n) is 9.96. The van der Waals surface area contributed by atoms with E-state index in [0.717, 1.165) is 17.3 Å². The molecule has 4 rings (SSSR count). The highest BCUT2D eigenvalue weighted by Crippen LogP contribution is 2.19. The number of hydrogen-bond donors (Lipinski definition) is 0. The van der Waals surface area contributed by atoms with E-state index in [9.17, 15) is 12.8 Å². The SMILES string of the molecule is Cc1ccc(-n2cnn(CN3CCN(S(=O)(=O)c4cccc(F)c4)CC3)c2=S)c(C)c1. The van der Waals surface area contributed by atoms with Crippen LogP contribution in [0.15, 0.2) is 53.7 Å². The molecule has 7 nitrogen and oxygen atoms in total. The van der Waals surface area contributed by atoms with Gasteiger partial charge in [-0.2, -0.15) is 9.40 Å². The van der Waals surface area contributed by atoms with Crippen molar-refractivity contribution >= 4 is 22.2 Å². The number of benzene rings is 2. The van der Waals surface area contributed by atoms with E-state index in [-0.39, 0.29) is 4.90 Å². The fourth-order valence-electron chi connectivity index (χ4n) is 3.75. The summed E-state index contributed by atoms with van der Waals surface area (Å²) in [5, 5.41) is 4.44. The smallest absolute Gasteiger partial charge is 0.243 e. The fourth-order valence-corrected chi connectivity index (χ4v) is 5.46. The Hall–Kier alpha value is -2.40. The van der Waals surface area contributed by atoms with Crippen LogP contribution in [0.1, 0.15) is 11.1 Å². The number of nitrogens with zero attached hydrogens (tertiary/aromatic N) is 5. The Morgan fingerprint density at radius 1 is 1.06 bits per heavy atom. The number of aryl methyl sites for hydroxylation is 2. The summed E-state index contributed by atoms with van der Waals surface area (Å²) in [6.45, 7) is 6.28. The van der Waals surface area contributed by atoms with Crippen molar-refractivity contribution in [2.75, 3.05) is 26.2 Å². The fraction of sp³-hybridized carbons (Fsp3) is 0.333. The van der Waals surface area contributed by atoms with Crippen molar-refractivity contribution in [1.82, 2.24) is 23.6 Å². The van der Waals surface area contributed by atoms with Gasteiger partial charge in [-0.25, -0.2) is 17.5 Å². The molecule has 10 heteroatoms. The Balaban J connectivity index is 1.44. The van der Waals surface area contributed by atoms with Crippen molar-refractivity contribution in [2.24, 2.45) is 0 Å². The predicted octanol–water partition coefficient (Wildman–Crippen LogP) is 3.12. The molecule has 0 spiro atoms. The van der Waals surface area contributed by atoms with Gasteiger partial charge in [-0.15, -0.1) is 0 Å². The Morgan fingerprint density at radius 3 is 2.48 bits per heavy atom. The van der Waals surface area contributed by atoms with Crippen LogP contribution >= 0.6 is 12.2 Å². The Morgan fingerprint density at radius 2 is 1.81 bits per heavy atom. The maximum atomic E-state index is 13.5. The van der Waals surface area contributed by atoms with Gasteiger partial charge in [0.15, 0.2) is 0 Å². The van der Waals surface area contributed by atoms with E-state index < -0.39 is 15.8 Å². The molecule has 1 aliphatic heterocycles. The highest BCUT2D eigenvalue weighted by molar-refractivity contribution is 7.89. The zero-order valence-corrected chi connectivity index (χ0v) is 19.0. The minimum absolute atomic E-state index is 0.0182. The molecule has 1 saturated heterocycles.